The minimum Gasteiger partial charge on any atom is -0.324 e. The Morgan fingerprint density at radius 2 is 1.36 bits per heavy atom. The molecule has 4 aromatic rings. The Hall–Kier alpha value is -3.80. The summed E-state index contributed by atoms with van der Waals surface area (Å²) in [5.74, 6) is 0.888. The van der Waals surface area contributed by atoms with Gasteiger partial charge >= 0.3 is 0 Å². The van der Waals surface area contributed by atoms with Gasteiger partial charge in [0.25, 0.3) is 5.91 Å². The van der Waals surface area contributed by atoms with Crippen molar-refractivity contribution in [2.24, 2.45) is 0 Å². The van der Waals surface area contributed by atoms with E-state index in [2.05, 4.69) is 92.7 Å². The average molecular weight is 524 g/mol. The van der Waals surface area contributed by atoms with Crippen molar-refractivity contribution in [3.8, 4) is 0 Å². The van der Waals surface area contributed by atoms with Crippen molar-refractivity contribution in [1.82, 2.24) is 20.2 Å². The van der Waals surface area contributed by atoms with Crippen LogP contribution in [0.2, 0.25) is 0 Å². The molecule has 204 valence electrons. The zero-order valence-corrected chi connectivity index (χ0v) is 23.8. The van der Waals surface area contributed by atoms with Gasteiger partial charge in [0.1, 0.15) is 0 Å². The lowest BCUT2D eigenvalue weighted by Crippen LogP contribution is -2.29. The highest BCUT2D eigenvalue weighted by Crippen LogP contribution is 2.34. The van der Waals surface area contributed by atoms with E-state index in [1.807, 2.05) is 36.4 Å². The number of carbonyl (C=O) groups is 1. The van der Waals surface area contributed by atoms with E-state index < -0.39 is 6.04 Å². The SMILES string of the molecule is CCCCCC(C(=O)Nc1c(C(C)C)cccc1C(C)C)n1nnc(C(c2ccccc2)c2ccccc2)n1. The van der Waals surface area contributed by atoms with Gasteiger partial charge < -0.3 is 5.32 Å². The van der Waals surface area contributed by atoms with Gasteiger partial charge in [-0.1, -0.05) is 133 Å². The fraction of sp³-hybridized carbons (Fsp3) is 0.394. The quantitative estimate of drug-likeness (QED) is 0.192. The maximum atomic E-state index is 13.9. The number of amides is 1. The number of nitrogens with one attached hydrogen (secondary N) is 1. The van der Waals surface area contributed by atoms with Crippen LogP contribution in [0.25, 0.3) is 0 Å². The highest BCUT2D eigenvalue weighted by Gasteiger charge is 2.28. The molecule has 1 unspecified atom stereocenters. The van der Waals surface area contributed by atoms with E-state index in [4.69, 9.17) is 5.10 Å². The maximum absolute atomic E-state index is 13.9. The zero-order chi connectivity index (χ0) is 27.8. The van der Waals surface area contributed by atoms with Gasteiger partial charge in [0, 0.05) is 5.69 Å². The molecule has 6 nitrogen and oxygen atoms in total. The van der Waals surface area contributed by atoms with Crippen molar-refractivity contribution in [1.29, 1.82) is 0 Å². The first kappa shape index (κ1) is 28.2. The highest BCUT2D eigenvalue weighted by molar-refractivity contribution is 5.95. The van der Waals surface area contributed by atoms with Crippen molar-refractivity contribution in [2.45, 2.75) is 84.1 Å². The molecular formula is C33H41N5O. The molecule has 1 N–H and O–H groups in total. The molecule has 1 amide bonds. The van der Waals surface area contributed by atoms with Crippen LogP contribution in [0.5, 0.6) is 0 Å². The molecule has 1 heterocycles. The Labute approximate surface area is 232 Å². The second kappa shape index (κ2) is 13.3. The fourth-order valence-corrected chi connectivity index (χ4v) is 5.11. The van der Waals surface area contributed by atoms with Crippen LogP contribution in [0.3, 0.4) is 0 Å². The molecule has 0 aliphatic heterocycles. The van der Waals surface area contributed by atoms with E-state index in [9.17, 15) is 4.79 Å². The standard InChI is InChI=1S/C33H41N5O/c1-6-7-10-22-29(33(39)34-31-27(23(2)3)20-15-21-28(31)24(4)5)38-36-32(35-37-38)30(25-16-11-8-12-17-25)26-18-13-9-14-19-26/h8-9,11-21,23-24,29-30H,6-7,10,22H2,1-5H3,(H,34,39). The highest BCUT2D eigenvalue weighted by atomic mass is 16.2. The van der Waals surface area contributed by atoms with E-state index in [1.165, 1.54) is 4.80 Å². The molecule has 0 saturated heterocycles. The number of rotatable bonds is 12. The number of aromatic nitrogens is 4. The molecular weight excluding hydrogens is 482 g/mol. The Morgan fingerprint density at radius 1 is 0.795 bits per heavy atom. The van der Waals surface area contributed by atoms with Crippen molar-refractivity contribution in [3.63, 3.8) is 0 Å². The number of tetrazole rings is 1. The summed E-state index contributed by atoms with van der Waals surface area (Å²) in [6, 6.07) is 26.2. The summed E-state index contributed by atoms with van der Waals surface area (Å²) in [4.78, 5) is 15.5. The van der Waals surface area contributed by atoms with Crippen LogP contribution in [0.15, 0.2) is 78.9 Å². The van der Waals surface area contributed by atoms with Crippen molar-refractivity contribution < 1.29 is 4.79 Å². The van der Waals surface area contributed by atoms with Gasteiger partial charge in [0.05, 0.1) is 5.92 Å². The monoisotopic (exact) mass is 523 g/mol. The predicted octanol–water partition coefficient (Wildman–Crippen LogP) is 7.86. The third kappa shape index (κ3) is 6.80. The Kier molecular flexibility index (Phi) is 9.64. The summed E-state index contributed by atoms with van der Waals surface area (Å²) in [5.41, 5.74) is 5.37. The van der Waals surface area contributed by atoms with Crippen LogP contribution in [-0.4, -0.2) is 26.1 Å². The van der Waals surface area contributed by atoms with Gasteiger partial charge in [0.15, 0.2) is 11.9 Å². The number of nitrogens with zero attached hydrogens (tertiary/aromatic N) is 4. The smallest absolute Gasteiger partial charge is 0.251 e. The van der Waals surface area contributed by atoms with E-state index in [0.717, 1.165) is 47.2 Å². The second-order valence-electron chi connectivity index (χ2n) is 10.8. The van der Waals surface area contributed by atoms with Crippen LogP contribution >= 0.6 is 0 Å². The molecule has 3 aromatic carbocycles. The van der Waals surface area contributed by atoms with Crippen LogP contribution < -0.4 is 5.32 Å². The Bertz CT molecular complexity index is 1260. The summed E-state index contributed by atoms with van der Waals surface area (Å²) in [7, 11) is 0. The van der Waals surface area contributed by atoms with Crippen molar-refractivity contribution in [3.05, 3.63) is 107 Å². The lowest BCUT2D eigenvalue weighted by atomic mass is 9.91. The van der Waals surface area contributed by atoms with Crippen LogP contribution in [0, 0.1) is 0 Å². The minimum absolute atomic E-state index is 0.0963. The predicted molar refractivity (Wildman–Crippen MR) is 158 cm³/mol. The van der Waals surface area contributed by atoms with Gasteiger partial charge in [0.2, 0.25) is 0 Å². The molecule has 0 aliphatic rings. The average Bonchev–Trinajstić information content (AvgIpc) is 3.41. The van der Waals surface area contributed by atoms with Crippen molar-refractivity contribution >= 4 is 11.6 Å². The van der Waals surface area contributed by atoms with Gasteiger partial charge in [-0.05, 0) is 45.7 Å². The number of anilines is 1. The summed E-state index contributed by atoms with van der Waals surface area (Å²) in [5, 5.41) is 17.1. The molecule has 0 aliphatic carbocycles. The first-order chi connectivity index (χ1) is 18.9. The molecule has 0 bridgehead atoms. The number of carbonyl (C=O) groups excluding carboxylic acids is 1. The topological polar surface area (TPSA) is 72.7 Å². The number of hydrogen-bond acceptors (Lipinski definition) is 4. The van der Waals surface area contributed by atoms with Crippen LogP contribution in [-0.2, 0) is 4.79 Å². The summed E-state index contributed by atoms with van der Waals surface area (Å²) in [6.45, 7) is 10.8. The molecule has 0 spiro atoms. The van der Waals surface area contributed by atoms with E-state index in [-0.39, 0.29) is 23.7 Å². The molecule has 1 aromatic heterocycles. The van der Waals surface area contributed by atoms with Gasteiger partial charge in [-0.15, -0.1) is 10.2 Å². The zero-order valence-electron chi connectivity index (χ0n) is 23.8. The lowest BCUT2D eigenvalue weighted by molar-refractivity contribution is -0.120. The first-order valence-electron chi connectivity index (χ1n) is 14.2. The van der Waals surface area contributed by atoms with E-state index in [0.29, 0.717) is 12.2 Å². The van der Waals surface area contributed by atoms with Crippen LogP contribution in [0.4, 0.5) is 5.69 Å². The molecule has 0 fully saturated rings. The van der Waals surface area contributed by atoms with E-state index in [1.54, 1.807) is 0 Å². The maximum Gasteiger partial charge on any atom is 0.251 e. The molecule has 0 saturated carbocycles. The molecule has 1 atom stereocenters. The molecule has 4 rings (SSSR count). The van der Waals surface area contributed by atoms with Crippen molar-refractivity contribution in [2.75, 3.05) is 5.32 Å². The second-order valence-corrected chi connectivity index (χ2v) is 10.8. The summed E-state index contributed by atoms with van der Waals surface area (Å²) in [6.07, 6.45) is 3.68. The number of hydrogen-bond donors (Lipinski definition) is 1. The summed E-state index contributed by atoms with van der Waals surface area (Å²) >= 11 is 0. The van der Waals surface area contributed by atoms with Gasteiger partial charge in [-0.2, -0.15) is 4.80 Å². The van der Waals surface area contributed by atoms with Crippen LogP contribution in [0.1, 0.15) is 112 Å². The molecule has 0 radical (unpaired) electrons. The Balaban J connectivity index is 1.70. The largest absolute Gasteiger partial charge is 0.324 e. The van der Waals surface area contributed by atoms with E-state index >= 15 is 0 Å². The normalized spacial score (nSPS) is 12.3. The number of benzene rings is 3. The number of para-hydroxylation sites is 1. The first-order valence-corrected chi connectivity index (χ1v) is 14.2. The minimum atomic E-state index is -0.551. The third-order valence-electron chi connectivity index (χ3n) is 7.25. The molecule has 6 heteroatoms. The third-order valence-corrected chi connectivity index (χ3v) is 7.25. The molecule has 39 heavy (non-hydrogen) atoms. The Morgan fingerprint density at radius 3 is 1.87 bits per heavy atom. The lowest BCUT2D eigenvalue weighted by Gasteiger charge is -2.22. The summed E-state index contributed by atoms with van der Waals surface area (Å²) < 4.78 is 0. The fourth-order valence-electron chi connectivity index (χ4n) is 5.11. The van der Waals surface area contributed by atoms with Gasteiger partial charge in [-0.25, -0.2) is 0 Å². The van der Waals surface area contributed by atoms with Gasteiger partial charge in [-0.3, -0.25) is 4.79 Å². The number of unbranched alkanes of at least 4 members (excludes halogenated alkanes) is 2.